The Hall–Kier alpha value is -4.95. The molecule has 4 rings (SSSR count). The number of pyridine rings is 1. The number of nitrogens with zero attached hydrogens (tertiary/aromatic N) is 3. The number of nitrogens with one attached hydrogen (secondary N) is 4. The maximum Gasteiger partial charge on any atom is 0.407 e. The first-order valence-electron chi connectivity index (χ1n) is 19.0. The normalized spacial score (nSPS) is 17.2. The van der Waals surface area contributed by atoms with E-state index in [-0.39, 0.29) is 50.5 Å². The number of aliphatic hydroxyl groups is 1. The molecule has 14 nitrogen and oxygen atoms in total. The molecule has 6 atom stereocenters. The molecule has 1 aliphatic rings. The van der Waals surface area contributed by atoms with Crippen LogP contribution in [0.3, 0.4) is 0 Å². The second-order valence-electron chi connectivity index (χ2n) is 15.7. The largest absolute Gasteiger partial charge is 0.465 e. The van der Waals surface area contributed by atoms with Crippen molar-refractivity contribution in [1.29, 1.82) is 0 Å². The van der Waals surface area contributed by atoms with E-state index in [2.05, 4.69) is 26.4 Å². The maximum atomic E-state index is 14.6. The molecule has 2 aromatic heterocycles. The number of aryl methyl sites for hydroxylation is 3. The third-order valence-electron chi connectivity index (χ3n) is 10.3. The van der Waals surface area contributed by atoms with Gasteiger partial charge in [-0.25, -0.2) is 14.6 Å². The first kappa shape index (κ1) is 42.8. The van der Waals surface area contributed by atoms with Crippen LogP contribution in [0.5, 0.6) is 0 Å². The molecule has 3 heterocycles. The van der Waals surface area contributed by atoms with Crippen molar-refractivity contribution in [3.63, 3.8) is 0 Å². The Morgan fingerprint density at radius 3 is 2.38 bits per heavy atom. The number of aromatic nitrogens is 1. The van der Waals surface area contributed by atoms with Crippen LogP contribution in [0, 0.1) is 38.0 Å². The molecule has 0 radical (unpaired) electrons. The summed E-state index contributed by atoms with van der Waals surface area (Å²) in [5, 5.41) is 22.3. The van der Waals surface area contributed by atoms with E-state index in [1.165, 1.54) is 12.1 Å². The second-order valence-corrected chi connectivity index (χ2v) is 15.7. The molecule has 3 aromatic rings. The Morgan fingerprint density at radius 2 is 1.78 bits per heavy atom. The summed E-state index contributed by atoms with van der Waals surface area (Å²) < 4.78 is 10.7. The molecule has 1 aliphatic heterocycles. The fourth-order valence-electron chi connectivity index (χ4n) is 6.91. The van der Waals surface area contributed by atoms with E-state index >= 15 is 0 Å². The summed E-state index contributed by atoms with van der Waals surface area (Å²) in [5.41, 5.74) is 5.57. The topological polar surface area (TPSA) is 178 Å². The molecule has 5 N–H and O–H groups in total. The van der Waals surface area contributed by atoms with Crippen molar-refractivity contribution in [2.45, 2.75) is 106 Å². The number of alkyl carbamates (subject to hydrolysis) is 1. The molecule has 300 valence electrons. The van der Waals surface area contributed by atoms with Gasteiger partial charge in [-0.3, -0.25) is 20.0 Å². The van der Waals surface area contributed by atoms with Crippen LogP contribution in [0.1, 0.15) is 75.1 Å². The number of carbonyl (C=O) groups is 4. The minimum atomic E-state index is -1.20. The van der Waals surface area contributed by atoms with E-state index in [4.69, 9.17) is 9.15 Å². The Kier molecular flexibility index (Phi) is 14.8. The van der Waals surface area contributed by atoms with Gasteiger partial charge in [0, 0.05) is 18.8 Å². The number of amides is 5. The monoisotopic (exact) mass is 761 g/mol. The molecule has 5 amide bonds. The molecule has 6 unspecified atom stereocenters. The van der Waals surface area contributed by atoms with Gasteiger partial charge in [0.15, 0.2) is 0 Å². The summed E-state index contributed by atoms with van der Waals surface area (Å²) in [6.45, 7) is 15.6. The van der Waals surface area contributed by atoms with E-state index in [0.717, 1.165) is 28.3 Å². The van der Waals surface area contributed by atoms with Gasteiger partial charge in [0.05, 0.1) is 50.0 Å². The minimum Gasteiger partial charge on any atom is -0.465 e. The molecule has 55 heavy (non-hydrogen) atoms. The summed E-state index contributed by atoms with van der Waals surface area (Å²) >= 11 is 0. The van der Waals surface area contributed by atoms with E-state index < -0.39 is 47.6 Å². The van der Waals surface area contributed by atoms with Gasteiger partial charge in [0.25, 0.3) is 5.91 Å². The number of methoxy groups -OCH3 is 1. The van der Waals surface area contributed by atoms with Crippen LogP contribution in [-0.4, -0.2) is 88.4 Å². The molecule has 0 aliphatic carbocycles. The third-order valence-corrected chi connectivity index (χ3v) is 10.3. The SMILES string of the molecule is CCC(C)C(C(=O)NC(Cc1ccccc1)C(O)CN(Cc1cc(C)c(C)o1)NC(=O)C(NC(=O)OC)C(C)(C)C)C1CNC(=O)N1Cc1cccc(C)n1. The van der Waals surface area contributed by atoms with Gasteiger partial charge in [0.1, 0.15) is 17.6 Å². The first-order chi connectivity index (χ1) is 26.0. The van der Waals surface area contributed by atoms with Gasteiger partial charge in [-0.2, -0.15) is 0 Å². The van der Waals surface area contributed by atoms with Crippen molar-refractivity contribution in [2.24, 2.45) is 17.3 Å². The Balaban J connectivity index is 1.64. The number of hydrogen-bond acceptors (Lipinski definition) is 9. The maximum absolute atomic E-state index is 14.6. The van der Waals surface area contributed by atoms with E-state index in [0.29, 0.717) is 12.2 Å². The third kappa shape index (κ3) is 11.8. The van der Waals surface area contributed by atoms with Crippen LogP contribution in [0.15, 0.2) is 59.0 Å². The summed E-state index contributed by atoms with van der Waals surface area (Å²) in [7, 11) is 1.23. The highest BCUT2D eigenvalue weighted by Crippen LogP contribution is 2.28. The van der Waals surface area contributed by atoms with E-state index in [1.807, 2.05) is 110 Å². The molecule has 0 bridgehead atoms. The fourth-order valence-corrected chi connectivity index (χ4v) is 6.91. The number of furan rings is 1. The smallest absolute Gasteiger partial charge is 0.407 e. The Bertz CT molecular complexity index is 1740. The van der Waals surface area contributed by atoms with Gasteiger partial charge in [-0.15, -0.1) is 0 Å². The standard InChI is InChI=1S/C41H59N7O7/c1-10-25(2)35(33-21-42-39(52)48(33)22-30-18-14-15-27(4)43-30)37(50)44-32(20-29-16-12-11-13-17-29)34(49)24-47(23-31-19-26(3)28(5)55-31)46-38(51)36(41(6,7)8)45-40(53)54-9/h11-19,25,32-36,49H,10,20-24H2,1-9H3,(H,42,52)(H,44,50)(H,45,53)(H,46,51). The summed E-state index contributed by atoms with van der Waals surface area (Å²) in [5.74, 6) is -0.260. The van der Waals surface area contributed by atoms with Gasteiger partial charge < -0.3 is 35.1 Å². The number of ether oxygens (including phenoxy) is 1. The van der Waals surface area contributed by atoms with Gasteiger partial charge in [-0.05, 0) is 67.9 Å². The predicted molar refractivity (Wildman–Crippen MR) is 208 cm³/mol. The lowest BCUT2D eigenvalue weighted by molar-refractivity contribution is -0.133. The Labute approximate surface area is 324 Å². The molecular formula is C41H59N7O7. The average Bonchev–Trinajstić information content (AvgIpc) is 3.64. The van der Waals surface area contributed by atoms with Crippen LogP contribution in [-0.2, 0) is 33.8 Å². The predicted octanol–water partition coefficient (Wildman–Crippen LogP) is 4.55. The van der Waals surface area contributed by atoms with Gasteiger partial charge >= 0.3 is 12.1 Å². The van der Waals surface area contributed by atoms with Crippen molar-refractivity contribution < 1.29 is 33.4 Å². The molecule has 0 spiro atoms. The molecule has 1 fully saturated rings. The van der Waals surface area contributed by atoms with Gasteiger partial charge in [-0.1, -0.05) is 77.4 Å². The van der Waals surface area contributed by atoms with Crippen molar-refractivity contribution in [1.82, 2.24) is 36.3 Å². The Morgan fingerprint density at radius 1 is 1.07 bits per heavy atom. The lowest BCUT2D eigenvalue weighted by atomic mass is 9.83. The summed E-state index contributed by atoms with van der Waals surface area (Å²) in [6, 6.07) is 14.5. The average molecular weight is 762 g/mol. The molecule has 0 saturated carbocycles. The van der Waals surface area contributed by atoms with Crippen molar-refractivity contribution in [2.75, 3.05) is 20.2 Å². The zero-order chi connectivity index (χ0) is 40.4. The van der Waals surface area contributed by atoms with Crippen LogP contribution in [0.25, 0.3) is 0 Å². The van der Waals surface area contributed by atoms with Crippen molar-refractivity contribution >= 4 is 23.9 Å². The number of aliphatic hydroxyl groups excluding tert-OH is 1. The van der Waals surface area contributed by atoms with Crippen LogP contribution in [0.4, 0.5) is 9.59 Å². The zero-order valence-corrected chi connectivity index (χ0v) is 33.6. The summed E-state index contributed by atoms with van der Waals surface area (Å²) in [6.07, 6.45) is -0.985. The van der Waals surface area contributed by atoms with Crippen molar-refractivity contribution in [3.8, 4) is 0 Å². The minimum absolute atomic E-state index is 0.0892. The number of hydrogen-bond donors (Lipinski definition) is 5. The summed E-state index contributed by atoms with van der Waals surface area (Å²) in [4.78, 5) is 60.1. The fraction of sp³-hybridized carbons (Fsp3) is 0.537. The molecule has 1 saturated heterocycles. The van der Waals surface area contributed by atoms with Crippen molar-refractivity contribution in [3.05, 3.63) is 88.6 Å². The zero-order valence-electron chi connectivity index (χ0n) is 33.6. The molecular weight excluding hydrogens is 702 g/mol. The number of benzene rings is 1. The highest BCUT2D eigenvalue weighted by molar-refractivity contribution is 5.86. The molecule has 14 heteroatoms. The van der Waals surface area contributed by atoms with E-state index in [1.54, 1.807) is 4.90 Å². The lowest BCUT2D eigenvalue weighted by Crippen LogP contribution is -2.59. The molecule has 1 aromatic carbocycles. The lowest BCUT2D eigenvalue weighted by Gasteiger charge is -2.36. The quantitative estimate of drug-likeness (QED) is 0.124. The first-order valence-corrected chi connectivity index (χ1v) is 19.0. The van der Waals surface area contributed by atoms with Gasteiger partial charge in [0.2, 0.25) is 5.91 Å². The highest BCUT2D eigenvalue weighted by Gasteiger charge is 2.43. The number of urea groups is 1. The second kappa shape index (κ2) is 19.1. The number of hydrazine groups is 1. The van der Waals surface area contributed by atoms with Crippen LogP contribution in [0.2, 0.25) is 0 Å². The number of carbonyl (C=O) groups excluding carboxylic acids is 4. The number of rotatable bonds is 17. The van der Waals surface area contributed by atoms with Crippen LogP contribution < -0.4 is 21.4 Å². The highest BCUT2D eigenvalue weighted by atomic mass is 16.5. The van der Waals surface area contributed by atoms with E-state index in [9.17, 15) is 24.3 Å². The van der Waals surface area contributed by atoms with Crippen LogP contribution >= 0.6 is 0 Å².